The highest BCUT2D eigenvalue weighted by Crippen LogP contribution is 2.15. The molecule has 1 aromatic carbocycles. The summed E-state index contributed by atoms with van der Waals surface area (Å²) in [6.07, 6.45) is 1.67. The monoisotopic (exact) mass is 245 g/mol. The third-order valence-corrected chi connectivity index (χ3v) is 2.48. The van der Waals surface area contributed by atoms with Crippen LogP contribution in [0.15, 0.2) is 42.6 Å². The van der Waals surface area contributed by atoms with E-state index >= 15 is 0 Å². The fraction of sp³-hybridized carbons (Fsp3) is 0.154. The zero-order chi connectivity index (χ0) is 12.8. The topological polar surface area (TPSA) is 80.4 Å². The number of hydrogen-bond acceptors (Lipinski definition) is 5. The number of hydrogen-bond donors (Lipinski definition) is 3. The SMILES string of the molecule is NNc1cc(COc2ccc(CO)cc2)ccn1. The molecule has 1 aromatic heterocycles. The number of pyridine rings is 1. The molecule has 0 atom stereocenters. The van der Waals surface area contributed by atoms with Crippen LogP contribution in [0.2, 0.25) is 0 Å². The number of rotatable bonds is 5. The second kappa shape index (κ2) is 6.00. The average molecular weight is 245 g/mol. The van der Waals surface area contributed by atoms with E-state index in [0.717, 1.165) is 16.9 Å². The Morgan fingerprint density at radius 2 is 1.94 bits per heavy atom. The van der Waals surface area contributed by atoms with E-state index < -0.39 is 0 Å². The van der Waals surface area contributed by atoms with Crippen molar-refractivity contribution in [2.45, 2.75) is 13.2 Å². The second-order valence-electron chi connectivity index (χ2n) is 3.78. The molecule has 5 heteroatoms. The van der Waals surface area contributed by atoms with Crippen LogP contribution in [0.3, 0.4) is 0 Å². The van der Waals surface area contributed by atoms with Crippen LogP contribution in [0, 0.1) is 0 Å². The van der Waals surface area contributed by atoms with E-state index in [-0.39, 0.29) is 6.61 Å². The number of ether oxygens (including phenoxy) is 1. The van der Waals surface area contributed by atoms with Crippen molar-refractivity contribution in [1.82, 2.24) is 4.98 Å². The highest BCUT2D eigenvalue weighted by atomic mass is 16.5. The van der Waals surface area contributed by atoms with E-state index in [1.54, 1.807) is 6.20 Å². The van der Waals surface area contributed by atoms with Crippen LogP contribution in [0.4, 0.5) is 5.82 Å². The van der Waals surface area contributed by atoms with Gasteiger partial charge < -0.3 is 15.3 Å². The molecule has 94 valence electrons. The number of nitrogens with zero attached hydrogens (tertiary/aromatic N) is 1. The normalized spacial score (nSPS) is 10.1. The van der Waals surface area contributed by atoms with Crippen LogP contribution in [0.25, 0.3) is 0 Å². The van der Waals surface area contributed by atoms with Gasteiger partial charge in [0.15, 0.2) is 0 Å². The molecule has 0 amide bonds. The lowest BCUT2D eigenvalue weighted by molar-refractivity contribution is 0.280. The number of anilines is 1. The first-order valence-electron chi connectivity index (χ1n) is 5.56. The number of nitrogen functional groups attached to an aromatic ring is 1. The second-order valence-corrected chi connectivity index (χ2v) is 3.78. The number of aliphatic hydroxyl groups is 1. The first kappa shape index (κ1) is 12.3. The maximum atomic E-state index is 8.93. The maximum Gasteiger partial charge on any atom is 0.140 e. The zero-order valence-electron chi connectivity index (χ0n) is 9.84. The van der Waals surface area contributed by atoms with Gasteiger partial charge in [-0.3, -0.25) is 0 Å². The summed E-state index contributed by atoms with van der Waals surface area (Å²) in [4.78, 5) is 4.02. The lowest BCUT2D eigenvalue weighted by Crippen LogP contribution is -2.09. The third-order valence-electron chi connectivity index (χ3n) is 2.48. The summed E-state index contributed by atoms with van der Waals surface area (Å²) in [5.74, 6) is 6.64. The Hall–Kier alpha value is -2.11. The Balaban J connectivity index is 1.97. The molecule has 2 aromatic rings. The molecule has 0 radical (unpaired) electrons. The van der Waals surface area contributed by atoms with Crippen LogP contribution in [0.5, 0.6) is 5.75 Å². The minimum Gasteiger partial charge on any atom is -0.489 e. The van der Waals surface area contributed by atoms with E-state index in [9.17, 15) is 0 Å². The molecule has 0 saturated carbocycles. The van der Waals surface area contributed by atoms with E-state index in [1.807, 2.05) is 36.4 Å². The molecule has 0 bridgehead atoms. The predicted octanol–water partition coefficient (Wildman–Crippen LogP) is 1.44. The van der Waals surface area contributed by atoms with Gasteiger partial charge in [-0.15, -0.1) is 0 Å². The highest BCUT2D eigenvalue weighted by molar-refractivity contribution is 5.36. The quantitative estimate of drug-likeness (QED) is 0.548. The Morgan fingerprint density at radius 3 is 2.61 bits per heavy atom. The predicted molar refractivity (Wildman–Crippen MR) is 68.7 cm³/mol. The van der Waals surface area contributed by atoms with Crippen LogP contribution >= 0.6 is 0 Å². The Kier molecular flexibility index (Phi) is 4.11. The molecule has 0 aliphatic heterocycles. The van der Waals surface area contributed by atoms with E-state index in [2.05, 4.69) is 10.4 Å². The Labute approximate surface area is 105 Å². The van der Waals surface area contributed by atoms with Gasteiger partial charge in [-0.05, 0) is 35.4 Å². The van der Waals surface area contributed by atoms with Gasteiger partial charge in [-0.2, -0.15) is 0 Å². The number of benzene rings is 1. The van der Waals surface area contributed by atoms with Gasteiger partial charge in [-0.1, -0.05) is 12.1 Å². The number of aliphatic hydroxyl groups excluding tert-OH is 1. The van der Waals surface area contributed by atoms with E-state index in [4.69, 9.17) is 15.7 Å². The van der Waals surface area contributed by atoms with Crippen LogP contribution < -0.4 is 16.0 Å². The largest absolute Gasteiger partial charge is 0.489 e. The van der Waals surface area contributed by atoms with Crippen molar-refractivity contribution in [3.05, 3.63) is 53.7 Å². The molecule has 18 heavy (non-hydrogen) atoms. The van der Waals surface area contributed by atoms with Gasteiger partial charge in [0.1, 0.15) is 18.2 Å². The summed E-state index contributed by atoms with van der Waals surface area (Å²) in [7, 11) is 0. The summed E-state index contributed by atoms with van der Waals surface area (Å²) in [6, 6.07) is 11.0. The first-order chi connectivity index (χ1) is 8.81. The average Bonchev–Trinajstić information content (AvgIpc) is 2.46. The summed E-state index contributed by atoms with van der Waals surface area (Å²) in [5, 5.41) is 8.93. The van der Waals surface area contributed by atoms with Gasteiger partial charge >= 0.3 is 0 Å². The van der Waals surface area contributed by atoms with Crippen LogP contribution in [-0.2, 0) is 13.2 Å². The van der Waals surface area contributed by atoms with Gasteiger partial charge in [0, 0.05) is 6.20 Å². The number of nitrogens with one attached hydrogen (secondary N) is 1. The van der Waals surface area contributed by atoms with Gasteiger partial charge in [0.25, 0.3) is 0 Å². The number of nitrogens with two attached hydrogens (primary N) is 1. The lowest BCUT2D eigenvalue weighted by atomic mass is 10.2. The third kappa shape index (κ3) is 3.19. The minimum absolute atomic E-state index is 0.0379. The van der Waals surface area contributed by atoms with E-state index in [1.165, 1.54) is 0 Å². The standard InChI is InChI=1S/C13H15N3O2/c14-16-13-7-11(5-6-15-13)9-18-12-3-1-10(8-17)2-4-12/h1-7,17H,8-9,14H2,(H,15,16). The zero-order valence-corrected chi connectivity index (χ0v) is 9.84. The molecule has 5 nitrogen and oxygen atoms in total. The molecular formula is C13H15N3O2. The maximum absolute atomic E-state index is 8.93. The lowest BCUT2D eigenvalue weighted by Gasteiger charge is -2.07. The summed E-state index contributed by atoms with van der Waals surface area (Å²) < 4.78 is 5.61. The van der Waals surface area contributed by atoms with Crippen molar-refractivity contribution in [2.75, 3.05) is 5.43 Å². The molecule has 2 rings (SSSR count). The van der Waals surface area contributed by atoms with Crippen molar-refractivity contribution in [3.63, 3.8) is 0 Å². The van der Waals surface area contributed by atoms with Gasteiger partial charge in [-0.25, -0.2) is 10.8 Å². The summed E-state index contributed by atoms with van der Waals surface area (Å²) in [6.45, 7) is 0.478. The molecule has 0 saturated heterocycles. The molecule has 0 spiro atoms. The first-order valence-corrected chi connectivity index (χ1v) is 5.56. The van der Waals surface area contributed by atoms with Gasteiger partial charge in [0.2, 0.25) is 0 Å². The highest BCUT2D eigenvalue weighted by Gasteiger charge is 1.98. The molecule has 0 aliphatic rings. The van der Waals surface area contributed by atoms with Gasteiger partial charge in [0.05, 0.1) is 6.61 Å². The molecule has 0 fully saturated rings. The van der Waals surface area contributed by atoms with Crippen molar-refractivity contribution in [2.24, 2.45) is 5.84 Å². The Bertz CT molecular complexity index is 500. The minimum atomic E-state index is 0.0379. The smallest absolute Gasteiger partial charge is 0.140 e. The van der Waals surface area contributed by atoms with E-state index in [0.29, 0.717) is 12.4 Å². The number of hydrazine groups is 1. The van der Waals surface area contributed by atoms with Crippen molar-refractivity contribution in [3.8, 4) is 5.75 Å². The summed E-state index contributed by atoms with van der Waals surface area (Å²) in [5.41, 5.74) is 4.32. The fourth-order valence-corrected chi connectivity index (χ4v) is 1.50. The molecular weight excluding hydrogens is 230 g/mol. The molecule has 1 heterocycles. The fourth-order valence-electron chi connectivity index (χ4n) is 1.50. The van der Waals surface area contributed by atoms with Crippen molar-refractivity contribution in [1.29, 1.82) is 0 Å². The molecule has 4 N–H and O–H groups in total. The number of aromatic nitrogens is 1. The Morgan fingerprint density at radius 1 is 1.17 bits per heavy atom. The summed E-state index contributed by atoms with van der Waals surface area (Å²) >= 11 is 0. The van der Waals surface area contributed by atoms with Crippen molar-refractivity contribution < 1.29 is 9.84 Å². The van der Waals surface area contributed by atoms with Crippen molar-refractivity contribution >= 4 is 5.82 Å². The van der Waals surface area contributed by atoms with Crippen LogP contribution in [-0.4, -0.2) is 10.1 Å². The van der Waals surface area contributed by atoms with Crippen LogP contribution in [0.1, 0.15) is 11.1 Å². The molecule has 0 unspecified atom stereocenters. The molecule has 0 aliphatic carbocycles.